The van der Waals surface area contributed by atoms with Gasteiger partial charge in [-0.15, -0.1) is 23.1 Å². The molecule has 1 N–H and O–H groups in total. The van der Waals surface area contributed by atoms with E-state index in [1.54, 1.807) is 23.1 Å². The number of aromatic nitrogens is 2. The highest BCUT2D eigenvalue weighted by molar-refractivity contribution is 8.00. The van der Waals surface area contributed by atoms with Crippen molar-refractivity contribution in [3.63, 3.8) is 0 Å². The Bertz CT molecular complexity index is 890. The zero-order valence-electron chi connectivity index (χ0n) is 12.8. The molecule has 0 spiro atoms. The zero-order chi connectivity index (χ0) is 16.0. The number of hydrogen-bond donors (Lipinski definition) is 1. The number of rotatable bonds is 3. The Morgan fingerprint density at radius 1 is 1.43 bits per heavy atom. The smallest absolute Gasteiger partial charge is 0.266 e. The van der Waals surface area contributed by atoms with Gasteiger partial charge < -0.3 is 9.88 Å². The van der Waals surface area contributed by atoms with Crippen LogP contribution in [0.25, 0.3) is 10.4 Å². The van der Waals surface area contributed by atoms with E-state index in [0.29, 0.717) is 0 Å². The number of amides is 1. The van der Waals surface area contributed by atoms with Crippen molar-refractivity contribution in [3.8, 4) is 10.4 Å². The molecule has 23 heavy (non-hydrogen) atoms. The van der Waals surface area contributed by atoms with E-state index in [1.165, 1.54) is 37.3 Å². The first-order chi connectivity index (χ1) is 11.2. The Balaban J connectivity index is 1.75. The number of carbonyl (C=O) groups is 1. The number of fused-ring (bicyclic) bond motifs is 3. The van der Waals surface area contributed by atoms with Crippen LogP contribution in [0.1, 0.15) is 20.8 Å². The van der Waals surface area contributed by atoms with Crippen LogP contribution in [0.3, 0.4) is 0 Å². The molecule has 118 valence electrons. The maximum atomic E-state index is 12.7. The molecular formula is C16H15N3OS3. The average molecular weight is 362 g/mol. The summed E-state index contributed by atoms with van der Waals surface area (Å²) in [5.74, 6) is -0.00860. The second-order valence-electron chi connectivity index (χ2n) is 5.48. The van der Waals surface area contributed by atoms with Gasteiger partial charge in [0, 0.05) is 31.2 Å². The highest BCUT2D eigenvalue weighted by Crippen LogP contribution is 2.47. The fourth-order valence-electron chi connectivity index (χ4n) is 2.91. The molecule has 0 radical (unpaired) electrons. The Morgan fingerprint density at radius 3 is 3.04 bits per heavy atom. The van der Waals surface area contributed by atoms with E-state index in [9.17, 15) is 4.79 Å². The van der Waals surface area contributed by atoms with Crippen LogP contribution in [-0.2, 0) is 19.9 Å². The van der Waals surface area contributed by atoms with Gasteiger partial charge in [-0.3, -0.25) is 4.79 Å². The number of aryl methyl sites for hydroxylation is 2. The first-order valence-electron chi connectivity index (χ1n) is 7.24. The van der Waals surface area contributed by atoms with Crippen molar-refractivity contribution in [2.75, 3.05) is 11.6 Å². The molecule has 0 saturated heterocycles. The molecule has 0 unspecified atom stereocenters. The minimum atomic E-state index is -0.00860. The lowest BCUT2D eigenvalue weighted by molar-refractivity contribution is 0.103. The quantitative estimate of drug-likeness (QED) is 0.708. The predicted octanol–water partition coefficient (Wildman–Crippen LogP) is 4.28. The number of nitrogens with one attached hydrogen (secondary N) is 1. The van der Waals surface area contributed by atoms with E-state index < -0.39 is 0 Å². The third-order valence-electron chi connectivity index (χ3n) is 3.97. The summed E-state index contributed by atoms with van der Waals surface area (Å²) in [4.78, 5) is 14.8. The summed E-state index contributed by atoms with van der Waals surface area (Å²) in [6.07, 6.45) is 9.75. The molecule has 3 aromatic heterocycles. The van der Waals surface area contributed by atoms with Gasteiger partial charge in [-0.25, -0.2) is 4.37 Å². The molecular weight excluding hydrogens is 346 g/mol. The molecule has 4 nitrogen and oxygen atoms in total. The zero-order valence-corrected chi connectivity index (χ0v) is 15.2. The molecule has 0 atom stereocenters. The number of nitrogens with zero attached hydrogens (tertiary/aromatic N) is 2. The van der Waals surface area contributed by atoms with E-state index in [2.05, 4.69) is 15.9 Å². The maximum absolute atomic E-state index is 12.7. The van der Waals surface area contributed by atoms with Crippen molar-refractivity contribution in [3.05, 3.63) is 40.7 Å². The normalized spacial score (nSPS) is 12.8. The van der Waals surface area contributed by atoms with Crippen LogP contribution in [0.15, 0.2) is 28.9 Å². The third-order valence-corrected chi connectivity index (χ3v) is 7.18. The molecule has 0 aromatic carbocycles. The molecule has 3 aromatic rings. The van der Waals surface area contributed by atoms with Gasteiger partial charge in [0.05, 0.1) is 19.7 Å². The van der Waals surface area contributed by atoms with Crippen molar-refractivity contribution >= 4 is 46.2 Å². The minimum Gasteiger partial charge on any atom is -0.355 e. The molecule has 4 rings (SSSR count). The van der Waals surface area contributed by atoms with Crippen LogP contribution in [0.5, 0.6) is 0 Å². The molecule has 7 heteroatoms. The lowest BCUT2D eigenvalue weighted by Crippen LogP contribution is -2.13. The largest absolute Gasteiger partial charge is 0.355 e. The second kappa shape index (κ2) is 5.81. The van der Waals surface area contributed by atoms with Crippen molar-refractivity contribution in [1.29, 1.82) is 0 Å². The molecule has 0 bridgehead atoms. The van der Waals surface area contributed by atoms with E-state index in [-0.39, 0.29) is 5.91 Å². The maximum Gasteiger partial charge on any atom is 0.266 e. The van der Waals surface area contributed by atoms with E-state index >= 15 is 0 Å². The van der Waals surface area contributed by atoms with Crippen LogP contribution >= 0.6 is 34.6 Å². The van der Waals surface area contributed by atoms with E-state index in [1.807, 2.05) is 36.3 Å². The minimum absolute atomic E-state index is 0.00860. The summed E-state index contributed by atoms with van der Waals surface area (Å²) in [5.41, 5.74) is 4.57. The first kappa shape index (κ1) is 15.0. The molecule has 3 heterocycles. The number of thiophene rings is 1. The fourth-order valence-corrected chi connectivity index (χ4v) is 5.91. The van der Waals surface area contributed by atoms with Gasteiger partial charge in [0.15, 0.2) is 0 Å². The Labute approximate surface area is 146 Å². The van der Waals surface area contributed by atoms with Crippen molar-refractivity contribution in [2.45, 2.75) is 17.1 Å². The Kier molecular flexibility index (Phi) is 3.79. The Morgan fingerprint density at radius 2 is 2.30 bits per heavy atom. The second-order valence-corrected chi connectivity index (χ2v) is 8.37. The fraction of sp³-hybridized carbons (Fsp3) is 0.250. The van der Waals surface area contributed by atoms with Gasteiger partial charge in [-0.05, 0) is 47.8 Å². The van der Waals surface area contributed by atoms with Crippen LogP contribution in [0.2, 0.25) is 0 Å². The standard InChI is InChI=1S/C16H15N3OS3/c1-19-6-5-10(8-19)18-15(20)14-11-4-3-9-7-17-23-13(9)12(11)16(21-2)22-14/h5-8H,3-4H2,1-2H3,(H,18,20). The lowest BCUT2D eigenvalue weighted by atomic mass is 9.93. The SMILES string of the molecule is CSc1sc(C(=O)Nc2ccn(C)c2)c2c1-c1sncc1CC2. The Hall–Kier alpha value is -1.57. The number of hydrogen-bond acceptors (Lipinski definition) is 5. The number of anilines is 1. The molecule has 1 aliphatic rings. The van der Waals surface area contributed by atoms with Gasteiger partial charge >= 0.3 is 0 Å². The molecule has 0 aliphatic heterocycles. The van der Waals surface area contributed by atoms with Crippen LogP contribution in [-0.4, -0.2) is 21.1 Å². The van der Waals surface area contributed by atoms with Gasteiger partial charge in [0.1, 0.15) is 0 Å². The van der Waals surface area contributed by atoms with Gasteiger partial charge in [-0.1, -0.05) is 0 Å². The summed E-state index contributed by atoms with van der Waals surface area (Å²) < 4.78 is 7.47. The molecule has 1 amide bonds. The van der Waals surface area contributed by atoms with Gasteiger partial charge in [0.2, 0.25) is 0 Å². The van der Waals surface area contributed by atoms with Crippen molar-refractivity contribution in [2.24, 2.45) is 7.05 Å². The third kappa shape index (κ3) is 2.52. The number of thioether (sulfide) groups is 1. The molecule has 1 aliphatic carbocycles. The highest BCUT2D eigenvalue weighted by atomic mass is 32.2. The highest BCUT2D eigenvalue weighted by Gasteiger charge is 2.29. The van der Waals surface area contributed by atoms with E-state index in [0.717, 1.165) is 23.4 Å². The van der Waals surface area contributed by atoms with Crippen LogP contribution in [0.4, 0.5) is 5.69 Å². The summed E-state index contributed by atoms with van der Waals surface area (Å²) in [6.45, 7) is 0. The number of carbonyl (C=O) groups excluding carboxylic acids is 1. The average Bonchev–Trinajstić information content (AvgIpc) is 3.23. The summed E-state index contributed by atoms with van der Waals surface area (Å²) in [5, 5.41) is 3.01. The predicted molar refractivity (Wildman–Crippen MR) is 98.0 cm³/mol. The molecule has 0 fully saturated rings. The monoisotopic (exact) mass is 361 g/mol. The summed E-state index contributed by atoms with van der Waals surface area (Å²) >= 11 is 4.85. The summed E-state index contributed by atoms with van der Waals surface area (Å²) in [7, 11) is 1.94. The van der Waals surface area contributed by atoms with Gasteiger partial charge in [0.25, 0.3) is 5.91 Å². The van der Waals surface area contributed by atoms with Gasteiger partial charge in [-0.2, -0.15) is 0 Å². The van der Waals surface area contributed by atoms with E-state index in [4.69, 9.17) is 0 Å². The molecule has 0 saturated carbocycles. The van der Waals surface area contributed by atoms with Crippen molar-refractivity contribution < 1.29 is 4.79 Å². The van der Waals surface area contributed by atoms with Crippen molar-refractivity contribution in [1.82, 2.24) is 8.94 Å². The summed E-state index contributed by atoms with van der Waals surface area (Å²) in [6, 6.07) is 1.91. The van der Waals surface area contributed by atoms with Crippen LogP contribution in [0, 0.1) is 0 Å². The topological polar surface area (TPSA) is 46.9 Å². The van der Waals surface area contributed by atoms with Crippen LogP contribution < -0.4 is 5.32 Å². The first-order valence-corrected chi connectivity index (χ1v) is 10.1. The lowest BCUT2D eigenvalue weighted by Gasteiger charge is -2.13.